The molecule has 0 amide bonds. The van der Waals surface area contributed by atoms with Crippen molar-refractivity contribution in [3.05, 3.63) is 35.6 Å². The lowest BCUT2D eigenvalue weighted by Crippen LogP contribution is -2.36. The van der Waals surface area contributed by atoms with E-state index in [9.17, 15) is 9.18 Å². The molecule has 0 atom stereocenters. The first-order valence-electron chi connectivity index (χ1n) is 7.07. The minimum Gasteiger partial charge on any atom is -0.293 e. The third kappa shape index (κ3) is 5.52. The van der Waals surface area contributed by atoms with Gasteiger partial charge in [-0.05, 0) is 51.1 Å². The number of carbonyl (C=O) groups is 1. The van der Waals surface area contributed by atoms with E-state index in [1.807, 2.05) is 0 Å². The zero-order chi connectivity index (χ0) is 14.3. The molecule has 0 aliphatic heterocycles. The van der Waals surface area contributed by atoms with Crippen LogP contribution in [-0.2, 0) is 0 Å². The first-order chi connectivity index (χ1) is 9.04. The highest BCUT2D eigenvalue weighted by atomic mass is 19.1. The van der Waals surface area contributed by atoms with E-state index < -0.39 is 0 Å². The fraction of sp³-hybridized carbons (Fsp3) is 0.562. The second-order valence-corrected chi connectivity index (χ2v) is 5.20. The highest BCUT2D eigenvalue weighted by Crippen LogP contribution is 2.08. The normalized spacial score (nSPS) is 11.3. The zero-order valence-corrected chi connectivity index (χ0v) is 12.2. The number of unbranched alkanes of at least 4 members (excludes halogenated alkanes) is 2. The SMILES string of the molecule is CCCCCN(CC(=O)c1ccc(F)cc1)C(C)C. The molecule has 19 heavy (non-hydrogen) atoms. The van der Waals surface area contributed by atoms with Gasteiger partial charge in [0.1, 0.15) is 5.82 Å². The number of halogens is 1. The Balaban J connectivity index is 2.58. The topological polar surface area (TPSA) is 20.3 Å². The number of hydrogen-bond acceptors (Lipinski definition) is 2. The van der Waals surface area contributed by atoms with Crippen molar-refractivity contribution in [2.75, 3.05) is 13.1 Å². The van der Waals surface area contributed by atoms with Crippen LogP contribution in [0, 0.1) is 5.82 Å². The Morgan fingerprint density at radius 3 is 2.37 bits per heavy atom. The number of Topliss-reactive ketones (excluding diaryl/α,β-unsaturated/α-hetero) is 1. The molecule has 2 nitrogen and oxygen atoms in total. The maximum Gasteiger partial charge on any atom is 0.176 e. The second kappa shape index (κ2) is 8.05. The number of benzene rings is 1. The minimum atomic E-state index is -0.305. The molecule has 0 bridgehead atoms. The molecule has 0 fully saturated rings. The third-order valence-electron chi connectivity index (χ3n) is 3.29. The molecule has 0 radical (unpaired) electrons. The molecular weight excluding hydrogens is 241 g/mol. The molecule has 1 rings (SSSR count). The molecule has 0 aliphatic carbocycles. The molecule has 0 aliphatic rings. The van der Waals surface area contributed by atoms with Crippen LogP contribution in [0.25, 0.3) is 0 Å². The Bertz CT molecular complexity index is 386. The minimum absolute atomic E-state index is 0.0604. The van der Waals surface area contributed by atoms with Gasteiger partial charge in [0.15, 0.2) is 5.78 Å². The van der Waals surface area contributed by atoms with Gasteiger partial charge in [-0.25, -0.2) is 4.39 Å². The number of ketones is 1. The Labute approximate surface area is 115 Å². The van der Waals surface area contributed by atoms with Crippen LogP contribution < -0.4 is 0 Å². The summed E-state index contributed by atoms with van der Waals surface area (Å²) in [5.41, 5.74) is 0.586. The monoisotopic (exact) mass is 265 g/mol. The number of hydrogen-bond donors (Lipinski definition) is 0. The maximum atomic E-state index is 12.8. The van der Waals surface area contributed by atoms with Crippen LogP contribution in [0.2, 0.25) is 0 Å². The summed E-state index contributed by atoms with van der Waals surface area (Å²) in [6.07, 6.45) is 3.48. The predicted molar refractivity (Wildman–Crippen MR) is 77.0 cm³/mol. The van der Waals surface area contributed by atoms with Gasteiger partial charge in [-0.2, -0.15) is 0 Å². The van der Waals surface area contributed by atoms with Crippen LogP contribution in [0.4, 0.5) is 4.39 Å². The largest absolute Gasteiger partial charge is 0.293 e. The fourth-order valence-electron chi connectivity index (χ4n) is 2.00. The summed E-state index contributed by atoms with van der Waals surface area (Å²) < 4.78 is 12.8. The molecule has 1 aromatic carbocycles. The standard InChI is InChI=1S/C16H24FNO/c1-4-5-6-11-18(13(2)3)12-16(19)14-7-9-15(17)10-8-14/h7-10,13H,4-6,11-12H2,1-3H3. The van der Waals surface area contributed by atoms with Gasteiger partial charge in [0.05, 0.1) is 6.54 Å². The first kappa shape index (κ1) is 15.8. The van der Waals surface area contributed by atoms with Gasteiger partial charge in [-0.1, -0.05) is 19.8 Å². The van der Waals surface area contributed by atoms with Crippen molar-refractivity contribution in [2.45, 2.75) is 46.1 Å². The van der Waals surface area contributed by atoms with Crippen molar-refractivity contribution in [3.8, 4) is 0 Å². The molecule has 0 heterocycles. The van der Waals surface area contributed by atoms with Gasteiger partial charge in [0, 0.05) is 11.6 Å². The second-order valence-electron chi connectivity index (χ2n) is 5.20. The summed E-state index contributed by atoms with van der Waals surface area (Å²) in [6, 6.07) is 6.14. The average molecular weight is 265 g/mol. The fourth-order valence-corrected chi connectivity index (χ4v) is 2.00. The van der Waals surface area contributed by atoms with Gasteiger partial charge >= 0.3 is 0 Å². The summed E-state index contributed by atoms with van der Waals surface area (Å²) in [7, 11) is 0. The number of rotatable bonds is 8. The lowest BCUT2D eigenvalue weighted by Gasteiger charge is -2.25. The van der Waals surface area contributed by atoms with Gasteiger partial charge in [0.2, 0.25) is 0 Å². The molecule has 0 aromatic heterocycles. The Morgan fingerprint density at radius 1 is 1.21 bits per heavy atom. The molecular formula is C16H24FNO. The van der Waals surface area contributed by atoms with E-state index in [0.717, 1.165) is 13.0 Å². The van der Waals surface area contributed by atoms with E-state index in [-0.39, 0.29) is 11.6 Å². The smallest absolute Gasteiger partial charge is 0.176 e. The molecule has 0 spiro atoms. The van der Waals surface area contributed by atoms with E-state index in [4.69, 9.17) is 0 Å². The van der Waals surface area contributed by atoms with Crippen LogP contribution in [0.3, 0.4) is 0 Å². The number of carbonyl (C=O) groups excluding carboxylic acids is 1. The predicted octanol–water partition coefficient (Wildman–Crippen LogP) is 3.91. The van der Waals surface area contributed by atoms with Crippen LogP contribution >= 0.6 is 0 Å². The van der Waals surface area contributed by atoms with Gasteiger partial charge in [-0.3, -0.25) is 9.69 Å². The third-order valence-corrected chi connectivity index (χ3v) is 3.29. The van der Waals surface area contributed by atoms with Crippen LogP contribution in [0.5, 0.6) is 0 Å². The van der Waals surface area contributed by atoms with E-state index in [1.54, 1.807) is 12.1 Å². The average Bonchev–Trinajstić information content (AvgIpc) is 2.38. The van der Waals surface area contributed by atoms with Crippen molar-refractivity contribution in [1.82, 2.24) is 4.90 Å². The number of nitrogens with zero attached hydrogens (tertiary/aromatic N) is 1. The van der Waals surface area contributed by atoms with Crippen molar-refractivity contribution in [2.24, 2.45) is 0 Å². The van der Waals surface area contributed by atoms with Crippen LogP contribution in [0.15, 0.2) is 24.3 Å². The Kier molecular flexibility index (Phi) is 6.71. The van der Waals surface area contributed by atoms with E-state index >= 15 is 0 Å². The van der Waals surface area contributed by atoms with Crippen molar-refractivity contribution in [1.29, 1.82) is 0 Å². The van der Waals surface area contributed by atoms with Crippen molar-refractivity contribution >= 4 is 5.78 Å². The quantitative estimate of drug-likeness (QED) is 0.524. The zero-order valence-electron chi connectivity index (χ0n) is 12.2. The summed E-state index contributed by atoms with van der Waals surface area (Å²) >= 11 is 0. The van der Waals surface area contributed by atoms with Gasteiger partial charge < -0.3 is 0 Å². The van der Waals surface area contributed by atoms with Crippen molar-refractivity contribution in [3.63, 3.8) is 0 Å². The highest BCUT2D eigenvalue weighted by molar-refractivity contribution is 5.97. The lowest BCUT2D eigenvalue weighted by atomic mass is 10.1. The molecule has 0 unspecified atom stereocenters. The van der Waals surface area contributed by atoms with Crippen molar-refractivity contribution < 1.29 is 9.18 Å². The van der Waals surface area contributed by atoms with E-state index in [1.165, 1.54) is 25.0 Å². The molecule has 106 valence electrons. The summed E-state index contributed by atoms with van der Waals surface area (Å²) in [6.45, 7) is 7.72. The molecule has 0 saturated heterocycles. The molecule has 0 saturated carbocycles. The maximum absolute atomic E-state index is 12.8. The van der Waals surface area contributed by atoms with Gasteiger partial charge in [-0.15, -0.1) is 0 Å². The Morgan fingerprint density at radius 2 is 1.84 bits per heavy atom. The Hall–Kier alpha value is -1.22. The lowest BCUT2D eigenvalue weighted by molar-refractivity contribution is 0.0903. The van der Waals surface area contributed by atoms with Crippen LogP contribution in [-0.4, -0.2) is 29.8 Å². The summed E-state index contributed by atoms with van der Waals surface area (Å²) in [5, 5.41) is 0. The highest BCUT2D eigenvalue weighted by Gasteiger charge is 2.15. The molecule has 0 N–H and O–H groups in total. The summed E-state index contributed by atoms with van der Waals surface area (Å²) in [4.78, 5) is 14.3. The summed E-state index contributed by atoms with van der Waals surface area (Å²) in [5.74, 6) is -0.245. The van der Waals surface area contributed by atoms with Crippen LogP contribution in [0.1, 0.15) is 50.4 Å². The van der Waals surface area contributed by atoms with Gasteiger partial charge in [0.25, 0.3) is 0 Å². The van der Waals surface area contributed by atoms with E-state index in [0.29, 0.717) is 18.2 Å². The molecule has 3 heteroatoms. The first-order valence-corrected chi connectivity index (χ1v) is 7.07. The molecule has 1 aromatic rings. The van der Waals surface area contributed by atoms with E-state index in [2.05, 4.69) is 25.7 Å².